The Morgan fingerprint density at radius 2 is 1.96 bits per heavy atom. The maximum Gasteiger partial charge on any atom is 0.254 e. The number of aromatic amines is 1. The number of nitrogens with zero attached hydrogens (tertiary/aromatic N) is 3. The molecule has 6 heteroatoms. The number of hydrogen-bond acceptors (Lipinski definition) is 3. The van der Waals surface area contributed by atoms with Gasteiger partial charge in [-0.3, -0.25) is 9.89 Å². The molecule has 2 aromatic rings. The van der Waals surface area contributed by atoms with Gasteiger partial charge in [0.2, 0.25) is 0 Å². The Bertz CT molecular complexity index is 784. The van der Waals surface area contributed by atoms with Crippen molar-refractivity contribution in [1.82, 2.24) is 19.7 Å². The van der Waals surface area contributed by atoms with E-state index in [0.29, 0.717) is 10.7 Å². The molecule has 0 bridgehead atoms. The number of hydrogen-bond donors (Lipinski definition) is 1. The smallest absolute Gasteiger partial charge is 0.254 e. The molecule has 1 amide bonds. The van der Waals surface area contributed by atoms with Crippen LogP contribution in [0.4, 0.5) is 0 Å². The molecule has 5 nitrogen and oxygen atoms in total. The fraction of sp³-hybridized carbons (Fsp3) is 0.500. The van der Waals surface area contributed by atoms with Gasteiger partial charge in [0.25, 0.3) is 5.91 Å². The van der Waals surface area contributed by atoms with Crippen LogP contribution in [0.3, 0.4) is 0 Å². The van der Waals surface area contributed by atoms with Crippen molar-refractivity contribution in [2.24, 2.45) is 0 Å². The molecule has 2 heterocycles. The zero-order valence-corrected chi connectivity index (χ0v) is 15.3. The van der Waals surface area contributed by atoms with Crippen molar-refractivity contribution in [2.75, 3.05) is 13.1 Å². The van der Waals surface area contributed by atoms with Gasteiger partial charge in [0, 0.05) is 30.6 Å². The third-order valence-corrected chi connectivity index (χ3v) is 5.06. The molecular weight excluding hydrogens is 320 g/mol. The van der Waals surface area contributed by atoms with Gasteiger partial charge < -0.3 is 9.47 Å². The van der Waals surface area contributed by atoms with Gasteiger partial charge in [-0.15, -0.1) is 0 Å². The van der Waals surface area contributed by atoms with Crippen molar-refractivity contribution in [2.45, 2.75) is 45.6 Å². The van der Waals surface area contributed by atoms with Crippen molar-refractivity contribution >= 4 is 18.1 Å². The molecule has 1 aromatic carbocycles. The molecule has 0 radical (unpaired) electrons. The number of aromatic nitrogens is 3. The van der Waals surface area contributed by atoms with E-state index in [2.05, 4.69) is 28.6 Å². The first-order valence-electron chi connectivity index (χ1n) is 8.50. The van der Waals surface area contributed by atoms with Gasteiger partial charge in [0.1, 0.15) is 5.82 Å². The van der Waals surface area contributed by atoms with Crippen LogP contribution in [0.25, 0.3) is 0 Å². The highest BCUT2D eigenvalue weighted by Crippen LogP contribution is 2.29. The first kappa shape index (κ1) is 16.9. The highest BCUT2D eigenvalue weighted by molar-refractivity contribution is 7.71. The minimum atomic E-state index is 0.134. The second-order valence-electron chi connectivity index (χ2n) is 6.73. The lowest BCUT2D eigenvalue weighted by Crippen LogP contribution is -2.38. The van der Waals surface area contributed by atoms with Gasteiger partial charge in [-0.25, -0.2) is 0 Å². The topological polar surface area (TPSA) is 53.9 Å². The number of rotatable bonds is 3. The second kappa shape index (κ2) is 6.89. The highest BCUT2D eigenvalue weighted by atomic mass is 32.1. The molecule has 1 saturated heterocycles. The molecule has 3 rings (SSSR count). The third-order valence-electron chi connectivity index (χ3n) is 4.77. The third kappa shape index (κ3) is 3.15. The Hall–Kier alpha value is -1.95. The van der Waals surface area contributed by atoms with Crippen LogP contribution in [0.2, 0.25) is 0 Å². The molecule has 24 heavy (non-hydrogen) atoms. The number of piperidine rings is 1. The molecule has 1 aliphatic heterocycles. The van der Waals surface area contributed by atoms with Crippen molar-refractivity contribution in [3.63, 3.8) is 0 Å². The van der Waals surface area contributed by atoms with E-state index in [-0.39, 0.29) is 11.9 Å². The van der Waals surface area contributed by atoms with E-state index in [1.165, 1.54) is 0 Å². The lowest BCUT2D eigenvalue weighted by Gasteiger charge is -2.32. The van der Waals surface area contributed by atoms with E-state index in [9.17, 15) is 4.79 Å². The van der Waals surface area contributed by atoms with Crippen molar-refractivity contribution < 1.29 is 4.79 Å². The number of benzene rings is 1. The predicted octanol–water partition coefficient (Wildman–Crippen LogP) is 3.85. The second-order valence-corrected chi connectivity index (χ2v) is 7.12. The largest absolute Gasteiger partial charge is 0.339 e. The van der Waals surface area contributed by atoms with Crippen molar-refractivity contribution in [3.05, 3.63) is 46.0 Å². The van der Waals surface area contributed by atoms with E-state index in [0.717, 1.165) is 42.9 Å². The minimum absolute atomic E-state index is 0.134. The van der Waals surface area contributed by atoms with Crippen LogP contribution in [0.5, 0.6) is 0 Å². The summed E-state index contributed by atoms with van der Waals surface area (Å²) < 4.78 is 2.78. The Morgan fingerprint density at radius 1 is 1.29 bits per heavy atom. The minimum Gasteiger partial charge on any atom is -0.339 e. The summed E-state index contributed by atoms with van der Waals surface area (Å²) >= 11 is 5.34. The van der Waals surface area contributed by atoms with Crippen LogP contribution in [0.15, 0.2) is 24.3 Å². The number of nitrogens with one attached hydrogen (secondary N) is 1. The van der Waals surface area contributed by atoms with Crippen LogP contribution in [0.1, 0.15) is 60.4 Å². The van der Waals surface area contributed by atoms with Gasteiger partial charge in [-0.05, 0) is 57.5 Å². The van der Waals surface area contributed by atoms with Gasteiger partial charge in [0.05, 0.1) is 0 Å². The van der Waals surface area contributed by atoms with Gasteiger partial charge in [0.15, 0.2) is 4.77 Å². The normalized spacial score (nSPS) is 15.9. The average Bonchev–Trinajstić information content (AvgIpc) is 2.97. The van der Waals surface area contributed by atoms with Crippen LogP contribution >= 0.6 is 12.2 Å². The van der Waals surface area contributed by atoms with Gasteiger partial charge in [-0.2, -0.15) is 5.10 Å². The van der Waals surface area contributed by atoms with Gasteiger partial charge >= 0.3 is 0 Å². The van der Waals surface area contributed by atoms with E-state index in [1.54, 1.807) is 0 Å². The standard InChI is InChI=1S/C18H24N4OS/c1-12(2)22-16(19-20-18(22)24)14-8-10-21(11-9-14)17(23)15-7-5-4-6-13(15)3/h4-7,12,14H,8-11H2,1-3H3,(H,20,24). The molecule has 0 unspecified atom stereocenters. The molecule has 1 fully saturated rings. The number of aryl methyl sites for hydroxylation is 1. The van der Waals surface area contributed by atoms with E-state index < -0.39 is 0 Å². The number of H-pyrrole nitrogens is 1. The molecule has 1 aliphatic rings. The monoisotopic (exact) mass is 344 g/mol. The van der Waals surface area contributed by atoms with Crippen molar-refractivity contribution in [1.29, 1.82) is 0 Å². The summed E-state index contributed by atoms with van der Waals surface area (Å²) in [4.78, 5) is 14.7. The van der Waals surface area contributed by atoms with E-state index in [1.807, 2.05) is 36.1 Å². The molecule has 0 spiro atoms. The summed E-state index contributed by atoms with van der Waals surface area (Å²) in [6.07, 6.45) is 1.84. The Labute approximate surface area is 147 Å². The Kier molecular flexibility index (Phi) is 4.85. The summed E-state index contributed by atoms with van der Waals surface area (Å²) in [7, 11) is 0. The molecule has 1 aromatic heterocycles. The van der Waals surface area contributed by atoms with Gasteiger partial charge in [-0.1, -0.05) is 18.2 Å². The van der Waals surface area contributed by atoms with E-state index >= 15 is 0 Å². The quantitative estimate of drug-likeness (QED) is 0.861. The van der Waals surface area contributed by atoms with Crippen LogP contribution in [0, 0.1) is 11.7 Å². The zero-order chi connectivity index (χ0) is 17.3. The molecule has 1 N–H and O–H groups in total. The van der Waals surface area contributed by atoms with Crippen molar-refractivity contribution in [3.8, 4) is 0 Å². The van der Waals surface area contributed by atoms with Crippen LogP contribution < -0.4 is 0 Å². The SMILES string of the molecule is Cc1ccccc1C(=O)N1CCC(c2n[nH]c(=S)n2C(C)C)CC1. The molecule has 0 saturated carbocycles. The average molecular weight is 344 g/mol. The lowest BCUT2D eigenvalue weighted by molar-refractivity contribution is 0.0709. The first-order chi connectivity index (χ1) is 11.5. The maximum atomic E-state index is 12.7. The molecule has 0 aliphatic carbocycles. The highest BCUT2D eigenvalue weighted by Gasteiger charge is 2.28. The van der Waals surface area contributed by atoms with Crippen LogP contribution in [-0.4, -0.2) is 38.7 Å². The molecule has 128 valence electrons. The zero-order valence-electron chi connectivity index (χ0n) is 14.5. The summed E-state index contributed by atoms with van der Waals surface area (Å²) in [5, 5.41) is 7.36. The molecular formula is C18H24N4OS. The van der Waals surface area contributed by atoms with Crippen LogP contribution in [-0.2, 0) is 0 Å². The maximum absolute atomic E-state index is 12.7. The fourth-order valence-corrected chi connectivity index (χ4v) is 3.78. The summed E-state index contributed by atoms with van der Waals surface area (Å²) in [6, 6.07) is 8.08. The summed E-state index contributed by atoms with van der Waals surface area (Å²) in [5.74, 6) is 1.51. The number of amides is 1. The summed E-state index contributed by atoms with van der Waals surface area (Å²) in [5.41, 5.74) is 1.84. The number of likely N-dealkylation sites (tertiary alicyclic amines) is 1. The Balaban J connectivity index is 1.72. The summed E-state index contributed by atoms with van der Waals surface area (Å²) in [6.45, 7) is 7.74. The van der Waals surface area contributed by atoms with E-state index in [4.69, 9.17) is 12.2 Å². The molecule has 0 atom stereocenters. The fourth-order valence-electron chi connectivity index (χ4n) is 3.43. The first-order valence-corrected chi connectivity index (χ1v) is 8.91. The lowest BCUT2D eigenvalue weighted by atomic mass is 9.95. The number of carbonyl (C=O) groups is 1. The predicted molar refractivity (Wildman–Crippen MR) is 96.9 cm³/mol. The number of carbonyl (C=O) groups excluding carboxylic acids is 1. The Morgan fingerprint density at radius 3 is 2.58 bits per heavy atom.